The van der Waals surface area contributed by atoms with Crippen LogP contribution in [-0.4, -0.2) is 37.2 Å². The zero-order valence-corrected chi connectivity index (χ0v) is 15.7. The molecule has 7 nitrogen and oxygen atoms in total. The van der Waals surface area contributed by atoms with Gasteiger partial charge in [0, 0.05) is 13.0 Å². The number of esters is 2. The van der Waals surface area contributed by atoms with E-state index in [-0.39, 0.29) is 6.42 Å². The molecule has 1 N–H and O–H groups in total. The van der Waals surface area contributed by atoms with E-state index in [1.165, 1.54) is 6.92 Å². The normalized spacial score (nSPS) is 17.9. The van der Waals surface area contributed by atoms with E-state index in [1.807, 2.05) is 12.1 Å². The van der Waals surface area contributed by atoms with E-state index in [4.69, 9.17) is 14.2 Å². The van der Waals surface area contributed by atoms with E-state index in [9.17, 15) is 14.4 Å². The maximum atomic E-state index is 12.4. The van der Waals surface area contributed by atoms with Crippen molar-refractivity contribution in [2.24, 2.45) is 0 Å². The highest BCUT2D eigenvalue weighted by molar-refractivity contribution is 5.96. The largest absolute Gasteiger partial charge is 0.497 e. The molecule has 0 bridgehead atoms. The van der Waals surface area contributed by atoms with Crippen molar-refractivity contribution in [1.29, 1.82) is 0 Å². The van der Waals surface area contributed by atoms with E-state index in [1.54, 1.807) is 43.5 Å². The molecular weight excluding hydrogens is 362 g/mol. The number of methoxy groups -OCH3 is 1. The summed E-state index contributed by atoms with van der Waals surface area (Å²) in [5, 5.41) is 2.67. The molecule has 1 atom stereocenters. The fourth-order valence-corrected chi connectivity index (χ4v) is 2.93. The molecule has 2 aromatic carbocycles. The number of hydrogen-bond acceptors (Lipinski definition) is 6. The maximum Gasteiger partial charge on any atom is 0.351 e. The zero-order chi connectivity index (χ0) is 20.1. The van der Waals surface area contributed by atoms with Crippen LogP contribution in [0.25, 0.3) is 0 Å². The standard InChI is InChI=1S/C21H21NO6/c1-21(11-15-5-3-4-6-17(15)19(24)28-21)20(25)27-13-18(23)22-12-14-7-9-16(26-2)10-8-14/h3-10H,11-13H2,1-2H3,(H,22,23)/t21-/m1/s1. The Labute approximate surface area is 162 Å². The number of ether oxygens (including phenoxy) is 3. The fraction of sp³-hybridized carbons (Fsp3) is 0.286. The number of amides is 1. The summed E-state index contributed by atoms with van der Waals surface area (Å²) < 4.78 is 15.5. The van der Waals surface area contributed by atoms with Crippen LogP contribution >= 0.6 is 0 Å². The van der Waals surface area contributed by atoms with E-state index >= 15 is 0 Å². The Hall–Kier alpha value is -3.35. The molecule has 28 heavy (non-hydrogen) atoms. The summed E-state index contributed by atoms with van der Waals surface area (Å²) in [5.74, 6) is -1.06. The number of fused-ring (bicyclic) bond motifs is 1. The van der Waals surface area contributed by atoms with E-state index < -0.39 is 30.1 Å². The van der Waals surface area contributed by atoms with Crippen molar-refractivity contribution >= 4 is 17.8 Å². The molecule has 1 heterocycles. The highest BCUT2D eigenvalue weighted by Gasteiger charge is 2.44. The van der Waals surface area contributed by atoms with Gasteiger partial charge in [-0.15, -0.1) is 0 Å². The SMILES string of the molecule is COc1ccc(CNC(=O)COC(=O)[C@@]2(C)Cc3ccccc3C(=O)O2)cc1. The summed E-state index contributed by atoms with van der Waals surface area (Å²) >= 11 is 0. The monoisotopic (exact) mass is 383 g/mol. The molecule has 0 saturated carbocycles. The lowest BCUT2D eigenvalue weighted by Crippen LogP contribution is -2.47. The number of rotatable bonds is 6. The van der Waals surface area contributed by atoms with Gasteiger partial charge in [-0.05, 0) is 36.2 Å². The zero-order valence-electron chi connectivity index (χ0n) is 15.7. The van der Waals surface area contributed by atoms with Gasteiger partial charge in [-0.2, -0.15) is 0 Å². The minimum atomic E-state index is -1.46. The summed E-state index contributed by atoms with van der Waals surface area (Å²) in [6.07, 6.45) is 0.196. The minimum absolute atomic E-state index is 0.196. The van der Waals surface area contributed by atoms with Gasteiger partial charge in [0.05, 0.1) is 12.7 Å². The first kappa shape index (κ1) is 19.4. The average Bonchev–Trinajstić information content (AvgIpc) is 2.70. The smallest absolute Gasteiger partial charge is 0.351 e. The molecule has 0 aromatic heterocycles. The van der Waals surface area contributed by atoms with Crippen molar-refractivity contribution in [2.45, 2.75) is 25.5 Å². The van der Waals surface area contributed by atoms with Crippen LogP contribution in [0.2, 0.25) is 0 Å². The van der Waals surface area contributed by atoms with Crippen LogP contribution in [-0.2, 0) is 32.0 Å². The molecular formula is C21H21NO6. The third-order valence-corrected chi connectivity index (χ3v) is 4.50. The van der Waals surface area contributed by atoms with Crippen LogP contribution in [0, 0.1) is 0 Å². The van der Waals surface area contributed by atoms with Crippen LogP contribution in [0.15, 0.2) is 48.5 Å². The van der Waals surface area contributed by atoms with Crippen LogP contribution in [0.1, 0.15) is 28.4 Å². The van der Waals surface area contributed by atoms with Crippen LogP contribution < -0.4 is 10.1 Å². The molecule has 0 radical (unpaired) electrons. The predicted molar refractivity (Wildman–Crippen MR) is 99.8 cm³/mol. The van der Waals surface area contributed by atoms with Crippen molar-refractivity contribution in [3.8, 4) is 5.75 Å². The number of nitrogens with one attached hydrogen (secondary N) is 1. The molecule has 146 valence electrons. The van der Waals surface area contributed by atoms with Crippen LogP contribution in [0.4, 0.5) is 0 Å². The fourth-order valence-electron chi connectivity index (χ4n) is 2.93. The number of hydrogen-bond donors (Lipinski definition) is 1. The molecule has 0 fully saturated rings. The predicted octanol–water partition coefficient (Wildman–Crippen LogP) is 2.03. The second-order valence-electron chi connectivity index (χ2n) is 6.66. The second-order valence-corrected chi connectivity index (χ2v) is 6.66. The lowest BCUT2D eigenvalue weighted by Gasteiger charge is -2.32. The van der Waals surface area contributed by atoms with Gasteiger partial charge in [0.2, 0.25) is 5.60 Å². The highest BCUT2D eigenvalue weighted by Crippen LogP contribution is 2.29. The maximum absolute atomic E-state index is 12.4. The van der Waals surface area contributed by atoms with E-state index in [2.05, 4.69) is 5.32 Å². The van der Waals surface area contributed by atoms with Crippen molar-refractivity contribution < 1.29 is 28.6 Å². The molecule has 0 unspecified atom stereocenters. The Morgan fingerprint density at radius 2 is 1.86 bits per heavy atom. The third-order valence-electron chi connectivity index (χ3n) is 4.50. The summed E-state index contributed by atoms with van der Waals surface area (Å²) in [6, 6.07) is 14.2. The quantitative estimate of drug-likeness (QED) is 0.768. The number of cyclic esters (lactones) is 1. The second kappa shape index (κ2) is 8.12. The third kappa shape index (κ3) is 4.31. The first-order valence-electron chi connectivity index (χ1n) is 8.79. The molecule has 1 aliphatic rings. The Morgan fingerprint density at radius 3 is 2.57 bits per heavy atom. The molecule has 7 heteroatoms. The van der Waals surface area contributed by atoms with Gasteiger partial charge >= 0.3 is 11.9 Å². The molecule has 0 spiro atoms. The minimum Gasteiger partial charge on any atom is -0.497 e. The van der Waals surface area contributed by atoms with E-state index in [0.717, 1.165) is 11.3 Å². The van der Waals surface area contributed by atoms with Gasteiger partial charge in [-0.25, -0.2) is 9.59 Å². The average molecular weight is 383 g/mol. The van der Waals surface area contributed by atoms with Gasteiger partial charge in [0.1, 0.15) is 5.75 Å². The van der Waals surface area contributed by atoms with Crippen LogP contribution in [0.3, 0.4) is 0 Å². The Kier molecular flexibility index (Phi) is 5.63. The van der Waals surface area contributed by atoms with Crippen molar-refractivity contribution in [2.75, 3.05) is 13.7 Å². The highest BCUT2D eigenvalue weighted by atomic mass is 16.6. The summed E-state index contributed by atoms with van der Waals surface area (Å²) in [6.45, 7) is 1.32. The van der Waals surface area contributed by atoms with Crippen molar-refractivity contribution in [1.82, 2.24) is 5.32 Å². The van der Waals surface area contributed by atoms with Crippen molar-refractivity contribution in [3.63, 3.8) is 0 Å². The molecule has 3 rings (SSSR count). The molecule has 0 aliphatic carbocycles. The lowest BCUT2D eigenvalue weighted by atomic mass is 9.90. The Bertz CT molecular complexity index is 892. The van der Waals surface area contributed by atoms with Gasteiger partial charge < -0.3 is 19.5 Å². The first-order chi connectivity index (χ1) is 13.4. The summed E-state index contributed by atoms with van der Waals surface area (Å²) in [7, 11) is 1.58. The number of carbonyl (C=O) groups excluding carboxylic acids is 3. The molecule has 0 saturated heterocycles. The summed E-state index contributed by atoms with van der Waals surface area (Å²) in [5.41, 5.74) is 0.569. The lowest BCUT2D eigenvalue weighted by molar-refractivity contribution is -0.167. The van der Waals surface area contributed by atoms with Gasteiger partial charge in [0.15, 0.2) is 6.61 Å². The first-order valence-corrected chi connectivity index (χ1v) is 8.79. The topological polar surface area (TPSA) is 90.9 Å². The summed E-state index contributed by atoms with van der Waals surface area (Å²) in [4.78, 5) is 36.5. The Balaban J connectivity index is 1.52. The number of benzene rings is 2. The van der Waals surface area contributed by atoms with E-state index in [0.29, 0.717) is 17.7 Å². The van der Waals surface area contributed by atoms with Crippen LogP contribution in [0.5, 0.6) is 5.75 Å². The van der Waals surface area contributed by atoms with Gasteiger partial charge in [-0.1, -0.05) is 30.3 Å². The number of carbonyl (C=O) groups is 3. The van der Waals surface area contributed by atoms with Gasteiger partial charge in [-0.3, -0.25) is 4.79 Å². The van der Waals surface area contributed by atoms with Gasteiger partial charge in [0.25, 0.3) is 5.91 Å². The molecule has 2 aromatic rings. The van der Waals surface area contributed by atoms with Crippen molar-refractivity contribution in [3.05, 3.63) is 65.2 Å². The molecule has 1 amide bonds. The Morgan fingerprint density at radius 1 is 1.14 bits per heavy atom. The molecule has 1 aliphatic heterocycles.